The fraction of sp³-hybridized carbons (Fsp3) is 0.174. The van der Waals surface area contributed by atoms with Gasteiger partial charge in [-0.1, -0.05) is 69.3 Å². The van der Waals surface area contributed by atoms with Crippen molar-refractivity contribution in [2.24, 2.45) is 0 Å². The fourth-order valence-corrected chi connectivity index (χ4v) is 3.63. The summed E-state index contributed by atoms with van der Waals surface area (Å²) in [5, 5.41) is 12.9. The molecule has 0 aliphatic carbocycles. The Labute approximate surface area is 179 Å². The van der Waals surface area contributed by atoms with Gasteiger partial charge in [0, 0.05) is 22.4 Å². The van der Waals surface area contributed by atoms with Crippen LogP contribution in [0.1, 0.15) is 26.5 Å². The highest BCUT2D eigenvalue weighted by atomic mass is 32.1. The van der Waals surface area contributed by atoms with E-state index in [9.17, 15) is 4.79 Å². The van der Waals surface area contributed by atoms with Gasteiger partial charge in [0.2, 0.25) is 0 Å². The molecule has 2 amide bonds. The monoisotopic (exact) mass is 417 g/mol. The van der Waals surface area contributed by atoms with E-state index in [4.69, 9.17) is 5.10 Å². The molecule has 2 aromatic carbocycles. The number of hydrogen-bond acceptors (Lipinski definition) is 4. The van der Waals surface area contributed by atoms with E-state index in [0.29, 0.717) is 10.9 Å². The molecule has 0 saturated carbocycles. The number of thiazole rings is 1. The SMILES string of the molecule is CC(C)(C)c1cc(NC(=O)Nc2nc(-c3ccccc3)cs2)n(-c2ccccc2)n1. The second-order valence-corrected chi connectivity index (χ2v) is 8.75. The highest BCUT2D eigenvalue weighted by Crippen LogP contribution is 2.27. The second-order valence-electron chi connectivity index (χ2n) is 7.90. The van der Waals surface area contributed by atoms with Crippen molar-refractivity contribution >= 4 is 28.3 Å². The molecular weight excluding hydrogens is 394 g/mol. The predicted molar refractivity (Wildman–Crippen MR) is 122 cm³/mol. The smallest absolute Gasteiger partial charge is 0.292 e. The predicted octanol–water partition coefficient (Wildman–Crippen LogP) is 5.94. The summed E-state index contributed by atoms with van der Waals surface area (Å²) in [6.45, 7) is 6.28. The summed E-state index contributed by atoms with van der Waals surface area (Å²) < 4.78 is 1.75. The van der Waals surface area contributed by atoms with Gasteiger partial charge in [0.25, 0.3) is 0 Å². The van der Waals surface area contributed by atoms with E-state index in [1.807, 2.05) is 72.1 Å². The number of nitrogens with one attached hydrogen (secondary N) is 2. The van der Waals surface area contributed by atoms with Crippen molar-refractivity contribution < 1.29 is 4.79 Å². The van der Waals surface area contributed by atoms with Gasteiger partial charge in [0.1, 0.15) is 5.82 Å². The number of carbonyl (C=O) groups is 1. The molecule has 0 radical (unpaired) electrons. The number of para-hydroxylation sites is 1. The van der Waals surface area contributed by atoms with E-state index >= 15 is 0 Å². The second kappa shape index (κ2) is 8.12. The maximum absolute atomic E-state index is 12.7. The zero-order valence-electron chi connectivity index (χ0n) is 17.1. The van der Waals surface area contributed by atoms with Gasteiger partial charge in [0.15, 0.2) is 5.13 Å². The molecule has 2 N–H and O–H groups in total. The third-order valence-electron chi connectivity index (χ3n) is 4.51. The number of urea groups is 1. The van der Waals surface area contributed by atoms with Crippen LogP contribution >= 0.6 is 11.3 Å². The molecule has 0 bridgehead atoms. The molecule has 4 aromatic rings. The summed E-state index contributed by atoms with van der Waals surface area (Å²) in [5.41, 5.74) is 3.47. The quantitative estimate of drug-likeness (QED) is 0.432. The Morgan fingerprint density at radius 3 is 2.30 bits per heavy atom. The minimum Gasteiger partial charge on any atom is -0.292 e. The van der Waals surface area contributed by atoms with Gasteiger partial charge in [-0.25, -0.2) is 14.5 Å². The Balaban J connectivity index is 1.55. The zero-order chi connectivity index (χ0) is 21.1. The molecule has 0 aliphatic rings. The molecule has 2 heterocycles. The van der Waals surface area contributed by atoms with Crippen LogP contribution in [0.4, 0.5) is 15.7 Å². The van der Waals surface area contributed by atoms with Crippen molar-refractivity contribution in [1.29, 1.82) is 0 Å². The average Bonchev–Trinajstić information content (AvgIpc) is 3.36. The van der Waals surface area contributed by atoms with Gasteiger partial charge < -0.3 is 0 Å². The van der Waals surface area contributed by atoms with E-state index < -0.39 is 0 Å². The van der Waals surface area contributed by atoms with Crippen LogP contribution in [0.25, 0.3) is 16.9 Å². The van der Waals surface area contributed by atoms with Crippen LogP contribution in [0.2, 0.25) is 0 Å². The Kier molecular flexibility index (Phi) is 5.37. The topological polar surface area (TPSA) is 71.8 Å². The first-order chi connectivity index (χ1) is 14.4. The molecule has 0 fully saturated rings. The summed E-state index contributed by atoms with van der Waals surface area (Å²) in [6.07, 6.45) is 0. The van der Waals surface area contributed by atoms with Crippen molar-refractivity contribution in [1.82, 2.24) is 14.8 Å². The average molecular weight is 418 g/mol. The molecule has 0 atom stereocenters. The molecule has 152 valence electrons. The molecule has 0 spiro atoms. The lowest BCUT2D eigenvalue weighted by Gasteiger charge is -2.14. The Bertz CT molecular complexity index is 1140. The van der Waals surface area contributed by atoms with E-state index in [1.165, 1.54) is 11.3 Å². The summed E-state index contributed by atoms with van der Waals surface area (Å²) in [7, 11) is 0. The van der Waals surface area contributed by atoms with Gasteiger partial charge in [-0.2, -0.15) is 5.10 Å². The number of amides is 2. The lowest BCUT2D eigenvalue weighted by molar-refractivity contribution is 0.262. The largest absolute Gasteiger partial charge is 0.326 e. The lowest BCUT2D eigenvalue weighted by Crippen LogP contribution is -2.21. The molecule has 2 aromatic heterocycles. The summed E-state index contributed by atoms with van der Waals surface area (Å²) in [4.78, 5) is 17.2. The first-order valence-electron chi connectivity index (χ1n) is 9.65. The van der Waals surface area contributed by atoms with Crippen molar-refractivity contribution in [2.75, 3.05) is 10.6 Å². The summed E-state index contributed by atoms with van der Waals surface area (Å²) >= 11 is 1.39. The standard InChI is InChI=1S/C23H23N5OS/c1-23(2,3)19-14-20(28(27-19)17-12-8-5-9-13-17)25-21(29)26-22-24-18(15-30-22)16-10-6-4-7-11-16/h4-15H,1-3H3,(H2,24,25,26,29). The van der Waals surface area contributed by atoms with Crippen LogP contribution in [0.15, 0.2) is 72.1 Å². The molecule has 30 heavy (non-hydrogen) atoms. The number of rotatable bonds is 4. The van der Waals surface area contributed by atoms with Crippen molar-refractivity contribution in [3.8, 4) is 16.9 Å². The number of aromatic nitrogens is 3. The summed E-state index contributed by atoms with van der Waals surface area (Å²) in [6, 6.07) is 21.2. The molecule has 7 heteroatoms. The van der Waals surface area contributed by atoms with Crippen LogP contribution in [-0.4, -0.2) is 20.8 Å². The number of hydrogen-bond donors (Lipinski definition) is 2. The van der Waals surface area contributed by atoms with Crippen LogP contribution in [0, 0.1) is 0 Å². The number of benzene rings is 2. The highest BCUT2D eigenvalue weighted by molar-refractivity contribution is 7.14. The van der Waals surface area contributed by atoms with E-state index in [2.05, 4.69) is 36.4 Å². The molecule has 0 aliphatic heterocycles. The summed E-state index contributed by atoms with van der Waals surface area (Å²) in [5.74, 6) is 0.600. The maximum Gasteiger partial charge on any atom is 0.326 e. The Hall–Kier alpha value is -3.45. The number of nitrogens with zero attached hydrogens (tertiary/aromatic N) is 3. The van der Waals surface area contributed by atoms with Crippen LogP contribution in [0.5, 0.6) is 0 Å². The molecule has 4 rings (SSSR count). The Morgan fingerprint density at radius 2 is 1.63 bits per heavy atom. The fourth-order valence-electron chi connectivity index (χ4n) is 2.92. The molecule has 0 saturated heterocycles. The van der Waals surface area contributed by atoms with Crippen LogP contribution < -0.4 is 10.6 Å². The minimum atomic E-state index is -0.360. The van der Waals surface area contributed by atoms with Crippen molar-refractivity contribution in [3.05, 3.63) is 77.8 Å². The van der Waals surface area contributed by atoms with Gasteiger partial charge >= 0.3 is 6.03 Å². The minimum absolute atomic E-state index is 0.146. The molecule has 0 unspecified atom stereocenters. The maximum atomic E-state index is 12.7. The van der Waals surface area contributed by atoms with Crippen LogP contribution in [-0.2, 0) is 5.41 Å². The van der Waals surface area contributed by atoms with Crippen molar-refractivity contribution in [3.63, 3.8) is 0 Å². The van der Waals surface area contributed by atoms with Crippen molar-refractivity contribution in [2.45, 2.75) is 26.2 Å². The third-order valence-corrected chi connectivity index (χ3v) is 5.27. The zero-order valence-corrected chi connectivity index (χ0v) is 17.9. The van der Waals surface area contributed by atoms with Gasteiger partial charge in [-0.15, -0.1) is 11.3 Å². The number of anilines is 2. The first kappa shape index (κ1) is 19.8. The van der Waals surface area contributed by atoms with Gasteiger partial charge in [-0.05, 0) is 12.1 Å². The highest BCUT2D eigenvalue weighted by Gasteiger charge is 2.21. The Morgan fingerprint density at radius 1 is 0.967 bits per heavy atom. The molecular formula is C23H23N5OS. The lowest BCUT2D eigenvalue weighted by atomic mass is 9.92. The number of carbonyl (C=O) groups excluding carboxylic acids is 1. The van der Waals surface area contributed by atoms with E-state index in [1.54, 1.807) is 4.68 Å². The van der Waals surface area contributed by atoms with E-state index in [-0.39, 0.29) is 11.4 Å². The normalized spacial score (nSPS) is 11.3. The third kappa shape index (κ3) is 4.41. The first-order valence-corrected chi connectivity index (χ1v) is 10.5. The van der Waals surface area contributed by atoms with Gasteiger partial charge in [-0.3, -0.25) is 10.6 Å². The molecule has 6 nitrogen and oxygen atoms in total. The van der Waals surface area contributed by atoms with Crippen LogP contribution in [0.3, 0.4) is 0 Å². The van der Waals surface area contributed by atoms with Gasteiger partial charge in [0.05, 0.1) is 17.1 Å². The van der Waals surface area contributed by atoms with E-state index in [0.717, 1.165) is 22.6 Å².